The Kier molecular flexibility index (Phi) is 6.08. The van der Waals surface area contributed by atoms with E-state index in [1.54, 1.807) is 6.07 Å². The number of aromatic hydroxyl groups is 1. The van der Waals surface area contributed by atoms with E-state index in [1.807, 2.05) is 19.1 Å². The third-order valence-corrected chi connectivity index (χ3v) is 5.75. The minimum atomic E-state index is -4.04. The summed E-state index contributed by atoms with van der Waals surface area (Å²) in [4.78, 5) is 1.80. The van der Waals surface area contributed by atoms with E-state index in [2.05, 4.69) is 23.5 Å². The van der Waals surface area contributed by atoms with Crippen molar-refractivity contribution in [2.24, 2.45) is 0 Å². The average molecular weight is 403 g/mol. The van der Waals surface area contributed by atoms with E-state index in [0.717, 1.165) is 30.4 Å². The molecule has 0 aliphatic carbocycles. The first-order valence-electron chi connectivity index (χ1n) is 7.76. The smallest absolute Gasteiger partial charge is 0.265 e. The number of phenolic OH excluding ortho intramolecular Hbond substituents is 1. The fraction of sp³-hybridized carbons (Fsp3) is 0.294. The lowest BCUT2D eigenvalue weighted by molar-refractivity contribution is 0.459. The summed E-state index contributed by atoms with van der Waals surface area (Å²) < 4.78 is 27.7. The molecule has 0 aliphatic rings. The topological polar surface area (TPSA) is 69.6 Å². The van der Waals surface area contributed by atoms with E-state index < -0.39 is 15.8 Å². The molecule has 2 aromatic rings. The first-order chi connectivity index (χ1) is 11.7. The van der Waals surface area contributed by atoms with Gasteiger partial charge in [0.2, 0.25) is 0 Å². The average Bonchev–Trinajstić information content (AvgIpc) is 2.54. The Hall–Kier alpha value is -1.63. The maximum absolute atomic E-state index is 12.6. The van der Waals surface area contributed by atoms with Gasteiger partial charge in [-0.25, -0.2) is 8.42 Å². The number of benzene rings is 2. The molecule has 8 heteroatoms. The second-order valence-electron chi connectivity index (χ2n) is 5.51. The molecule has 0 atom stereocenters. The number of hydrogen-bond donors (Lipinski definition) is 2. The molecule has 2 rings (SSSR count). The minimum Gasteiger partial charge on any atom is -0.505 e. The van der Waals surface area contributed by atoms with Crippen molar-refractivity contribution in [1.82, 2.24) is 0 Å². The fourth-order valence-electron chi connectivity index (χ4n) is 2.49. The predicted octanol–water partition coefficient (Wildman–Crippen LogP) is 4.65. The molecule has 0 saturated carbocycles. The Labute approximate surface area is 158 Å². The molecule has 0 heterocycles. The molecule has 0 aliphatic heterocycles. The first kappa shape index (κ1) is 19.7. The van der Waals surface area contributed by atoms with Crippen LogP contribution >= 0.6 is 23.2 Å². The SMILES string of the molecule is CCN(CC)c1ccc(NS(=O)(=O)c2cc(Cl)cc(Cl)c2O)c(C)c1. The molecule has 2 N–H and O–H groups in total. The minimum absolute atomic E-state index is 0.122. The van der Waals surface area contributed by atoms with Gasteiger partial charge in [0, 0.05) is 23.8 Å². The third kappa shape index (κ3) is 4.32. The van der Waals surface area contributed by atoms with Crippen LogP contribution in [-0.4, -0.2) is 26.6 Å². The Balaban J connectivity index is 2.39. The van der Waals surface area contributed by atoms with Crippen molar-refractivity contribution in [2.45, 2.75) is 25.7 Å². The highest BCUT2D eigenvalue weighted by Crippen LogP contribution is 2.35. The summed E-state index contributed by atoms with van der Waals surface area (Å²) in [7, 11) is -4.04. The van der Waals surface area contributed by atoms with Crippen LogP contribution in [0.4, 0.5) is 11.4 Å². The first-order valence-corrected chi connectivity index (χ1v) is 10.00. The van der Waals surface area contributed by atoms with Gasteiger partial charge < -0.3 is 10.0 Å². The van der Waals surface area contributed by atoms with Gasteiger partial charge in [-0.2, -0.15) is 0 Å². The van der Waals surface area contributed by atoms with Crippen LogP contribution in [0.15, 0.2) is 35.2 Å². The Morgan fingerprint density at radius 1 is 1.12 bits per heavy atom. The monoisotopic (exact) mass is 402 g/mol. The summed E-state index contributed by atoms with van der Waals surface area (Å²) in [6.07, 6.45) is 0. The molecule has 25 heavy (non-hydrogen) atoms. The zero-order chi connectivity index (χ0) is 18.8. The van der Waals surface area contributed by atoms with Gasteiger partial charge in [-0.05, 0) is 56.7 Å². The van der Waals surface area contributed by atoms with Crippen molar-refractivity contribution in [3.05, 3.63) is 45.9 Å². The number of hydrogen-bond acceptors (Lipinski definition) is 4. The summed E-state index contributed by atoms with van der Waals surface area (Å²) in [5.41, 5.74) is 2.20. The summed E-state index contributed by atoms with van der Waals surface area (Å²) in [6, 6.07) is 7.90. The van der Waals surface area contributed by atoms with E-state index >= 15 is 0 Å². The summed E-state index contributed by atoms with van der Waals surface area (Å²) in [5, 5.41) is 9.97. The molecule has 0 saturated heterocycles. The van der Waals surface area contributed by atoms with Crippen LogP contribution in [0.3, 0.4) is 0 Å². The fourth-order valence-corrected chi connectivity index (χ4v) is 4.38. The standard InChI is InChI=1S/C17H20Cl2N2O3S/c1-4-21(5-2)13-6-7-15(11(3)8-13)20-25(23,24)16-10-12(18)9-14(19)17(16)22/h6-10,20,22H,4-5H2,1-3H3. The highest BCUT2D eigenvalue weighted by Gasteiger charge is 2.22. The van der Waals surface area contributed by atoms with E-state index in [1.165, 1.54) is 6.07 Å². The molecule has 0 fully saturated rings. The number of anilines is 2. The number of nitrogens with one attached hydrogen (secondary N) is 1. The van der Waals surface area contributed by atoms with Crippen molar-refractivity contribution >= 4 is 44.6 Å². The van der Waals surface area contributed by atoms with Gasteiger partial charge in [-0.3, -0.25) is 4.72 Å². The molecular weight excluding hydrogens is 383 g/mol. The van der Waals surface area contributed by atoms with Crippen LogP contribution in [-0.2, 0) is 10.0 Å². The molecular formula is C17H20Cl2N2O3S. The summed E-state index contributed by atoms with van der Waals surface area (Å²) in [5.74, 6) is -0.531. The van der Waals surface area contributed by atoms with E-state index in [9.17, 15) is 13.5 Å². The number of rotatable bonds is 6. The number of aryl methyl sites for hydroxylation is 1. The molecule has 2 aromatic carbocycles. The third-order valence-electron chi connectivity index (χ3n) is 3.87. The van der Waals surface area contributed by atoms with Crippen LogP contribution in [0.25, 0.3) is 0 Å². The van der Waals surface area contributed by atoms with Crippen molar-refractivity contribution < 1.29 is 13.5 Å². The quantitative estimate of drug-likeness (QED) is 0.737. The van der Waals surface area contributed by atoms with Crippen molar-refractivity contribution in [3.8, 4) is 5.75 Å². The predicted molar refractivity (Wildman–Crippen MR) is 104 cm³/mol. The maximum atomic E-state index is 12.6. The highest BCUT2D eigenvalue weighted by atomic mass is 35.5. The van der Waals surface area contributed by atoms with Crippen molar-refractivity contribution in [1.29, 1.82) is 0 Å². The Bertz CT molecular complexity index is 882. The van der Waals surface area contributed by atoms with Crippen LogP contribution in [0.5, 0.6) is 5.75 Å². The highest BCUT2D eigenvalue weighted by molar-refractivity contribution is 7.92. The van der Waals surface area contributed by atoms with Gasteiger partial charge >= 0.3 is 0 Å². The van der Waals surface area contributed by atoms with Crippen molar-refractivity contribution in [3.63, 3.8) is 0 Å². The van der Waals surface area contributed by atoms with Crippen LogP contribution < -0.4 is 9.62 Å². The van der Waals surface area contributed by atoms with Crippen LogP contribution in [0.2, 0.25) is 10.0 Å². The Morgan fingerprint density at radius 2 is 1.76 bits per heavy atom. The largest absolute Gasteiger partial charge is 0.505 e. The summed E-state index contributed by atoms with van der Waals surface area (Å²) in [6.45, 7) is 7.64. The van der Waals surface area contributed by atoms with Crippen LogP contribution in [0.1, 0.15) is 19.4 Å². The van der Waals surface area contributed by atoms with Gasteiger partial charge in [0.25, 0.3) is 10.0 Å². The van der Waals surface area contributed by atoms with Crippen LogP contribution in [0, 0.1) is 6.92 Å². The lowest BCUT2D eigenvalue weighted by Crippen LogP contribution is -2.22. The molecule has 0 bridgehead atoms. The van der Waals surface area contributed by atoms with E-state index in [4.69, 9.17) is 23.2 Å². The molecule has 5 nitrogen and oxygen atoms in total. The van der Waals surface area contributed by atoms with Gasteiger partial charge in [0.1, 0.15) is 4.90 Å². The normalized spacial score (nSPS) is 11.4. The molecule has 136 valence electrons. The second kappa shape index (κ2) is 7.72. The molecule has 0 amide bonds. The summed E-state index contributed by atoms with van der Waals surface area (Å²) >= 11 is 11.7. The van der Waals surface area contributed by atoms with E-state index in [0.29, 0.717) is 5.69 Å². The van der Waals surface area contributed by atoms with Gasteiger partial charge in [0.15, 0.2) is 5.75 Å². The lowest BCUT2D eigenvalue weighted by Gasteiger charge is -2.22. The molecule has 0 spiro atoms. The van der Waals surface area contributed by atoms with E-state index in [-0.39, 0.29) is 14.9 Å². The number of nitrogens with zero attached hydrogens (tertiary/aromatic N) is 1. The van der Waals surface area contributed by atoms with Gasteiger partial charge in [0.05, 0.1) is 10.7 Å². The zero-order valence-corrected chi connectivity index (χ0v) is 16.5. The second-order valence-corrected chi connectivity index (χ2v) is 8.01. The van der Waals surface area contributed by atoms with Crippen molar-refractivity contribution in [2.75, 3.05) is 22.7 Å². The Morgan fingerprint density at radius 3 is 2.32 bits per heavy atom. The van der Waals surface area contributed by atoms with Gasteiger partial charge in [-0.1, -0.05) is 23.2 Å². The maximum Gasteiger partial charge on any atom is 0.265 e. The number of halogens is 2. The number of sulfonamides is 1. The number of phenols is 1. The molecule has 0 radical (unpaired) electrons. The lowest BCUT2D eigenvalue weighted by atomic mass is 10.1. The zero-order valence-electron chi connectivity index (χ0n) is 14.2. The molecule has 0 aromatic heterocycles. The van der Waals surface area contributed by atoms with Gasteiger partial charge in [-0.15, -0.1) is 0 Å². The molecule has 0 unspecified atom stereocenters.